The first-order chi connectivity index (χ1) is 12.2. The van der Waals surface area contributed by atoms with E-state index in [2.05, 4.69) is 28.2 Å². The standard InChI is InChI=1S/C19H23N5O/c1-3-24-18(21-22(2)19(24)25)15-8-6-12-23(13-15)17-11-10-14-7-4-5-9-16(14)20-17/h4-5,7,9-11,15H,3,6,8,12-13H2,1-2H3. The van der Waals surface area contributed by atoms with E-state index < -0.39 is 0 Å². The van der Waals surface area contributed by atoms with Crippen LogP contribution in [0.15, 0.2) is 41.2 Å². The summed E-state index contributed by atoms with van der Waals surface area (Å²) < 4.78 is 3.24. The van der Waals surface area contributed by atoms with Crippen molar-refractivity contribution in [2.75, 3.05) is 18.0 Å². The Morgan fingerprint density at radius 3 is 2.88 bits per heavy atom. The summed E-state index contributed by atoms with van der Waals surface area (Å²) in [7, 11) is 1.73. The summed E-state index contributed by atoms with van der Waals surface area (Å²) in [6.07, 6.45) is 2.13. The smallest absolute Gasteiger partial charge is 0.345 e. The van der Waals surface area contributed by atoms with Gasteiger partial charge in [-0.25, -0.2) is 14.5 Å². The third-order valence-corrected chi connectivity index (χ3v) is 5.05. The molecule has 1 saturated heterocycles. The van der Waals surface area contributed by atoms with E-state index in [1.165, 1.54) is 4.68 Å². The topological polar surface area (TPSA) is 56.0 Å². The lowest BCUT2D eigenvalue weighted by molar-refractivity contribution is 0.468. The molecule has 0 amide bonds. The first kappa shape index (κ1) is 15.9. The van der Waals surface area contributed by atoms with Crippen LogP contribution in [-0.4, -0.2) is 32.4 Å². The largest absolute Gasteiger partial charge is 0.356 e. The van der Waals surface area contributed by atoms with E-state index in [-0.39, 0.29) is 11.6 Å². The number of aromatic nitrogens is 4. The van der Waals surface area contributed by atoms with E-state index >= 15 is 0 Å². The van der Waals surface area contributed by atoms with Crippen LogP contribution in [0.3, 0.4) is 0 Å². The predicted molar refractivity (Wildman–Crippen MR) is 99.1 cm³/mol. The molecule has 25 heavy (non-hydrogen) atoms. The molecule has 3 heterocycles. The molecule has 1 unspecified atom stereocenters. The van der Waals surface area contributed by atoms with Gasteiger partial charge in [0, 0.05) is 38.0 Å². The zero-order valence-electron chi connectivity index (χ0n) is 14.7. The lowest BCUT2D eigenvalue weighted by atomic mass is 9.97. The van der Waals surface area contributed by atoms with Crippen LogP contribution >= 0.6 is 0 Å². The van der Waals surface area contributed by atoms with Gasteiger partial charge in [-0.3, -0.25) is 4.57 Å². The molecule has 1 aliphatic rings. The number of aryl methyl sites for hydroxylation is 1. The predicted octanol–water partition coefficient (Wildman–Crippen LogP) is 2.53. The van der Waals surface area contributed by atoms with E-state index in [4.69, 9.17) is 4.98 Å². The third-order valence-electron chi connectivity index (χ3n) is 5.05. The summed E-state index contributed by atoms with van der Waals surface area (Å²) in [5.41, 5.74) is 0.990. The lowest BCUT2D eigenvalue weighted by Gasteiger charge is -2.33. The number of hydrogen-bond donors (Lipinski definition) is 0. The molecule has 0 spiro atoms. The van der Waals surface area contributed by atoms with Gasteiger partial charge in [0.25, 0.3) is 0 Å². The number of anilines is 1. The van der Waals surface area contributed by atoms with Crippen LogP contribution in [0, 0.1) is 0 Å². The van der Waals surface area contributed by atoms with Crippen LogP contribution in [-0.2, 0) is 13.6 Å². The SMILES string of the molecule is CCn1c(C2CCCN(c3ccc4ccccc4n3)C2)nn(C)c1=O. The second-order valence-electron chi connectivity index (χ2n) is 6.66. The maximum Gasteiger partial charge on any atom is 0.345 e. The molecule has 0 bridgehead atoms. The van der Waals surface area contributed by atoms with Gasteiger partial charge in [0.1, 0.15) is 11.6 Å². The van der Waals surface area contributed by atoms with Gasteiger partial charge in [-0.2, -0.15) is 5.10 Å². The monoisotopic (exact) mass is 337 g/mol. The Balaban J connectivity index is 1.64. The average Bonchev–Trinajstić information content (AvgIpc) is 2.95. The number of para-hydroxylation sites is 1. The van der Waals surface area contributed by atoms with Crippen LogP contribution in [0.5, 0.6) is 0 Å². The summed E-state index contributed by atoms with van der Waals surface area (Å²) in [6.45, 7) is 4.50. The summed E-state index contributed by atoms with van der Waals surface area (Å²) in [6, 6.07) is 12.4. The Kier molecular flexibility index (Phi) is 4.03. The molecule has 1 atom stereocenters. The van der Waals surface area contributed by atoms with Gasteiger partial charge in [0.2, 0.25) is 0 Å². The Morgan fingerprint density at radius 2 is 2.04 bits per heavy atom. The Hall–Kier alpha value is -2.63. The van der Waals surface area contributed by atoms with Crippen molar-refractivity contribution in [3.05, 3.63) is 52.7 Å². The quantitative estimate of drug-likeness (QED) is 0.737. The molecule has 4 rings (SSSR count). The molecule has 1 fully saturated rings. The highest BCUT2D eigenvalue weighted by Gasteiger charge is 2.27. The van der Waals surface area contributed by atoms with Crippen molar-refractivity contribution in [1.29, 1.82) is 0 Å². The minimum absolute atomic E-state index is 0.0292. The van der Waals surface area contributed by atoms with Gasteiger partial charge >= 0.3 is 5.69 Å². The zero-order valence-corrected chi connectivity index (χ0v) is 14.7. The van der Waals surface area contributed by atoms with E-state index in [1.807, 2.05) is 25.1 Å². The lowest BCUT2D eigenvalue weighted by Crippen LogP contribution is -2.36. The van der Waals surface area contributed by atoms with Gasteiger partial charge in [-0.1, -0.05) is 18.2 Å². The maximum absolute atomic E-state index is 12.2. The number of pyridine rings is 1. The fraction of sp³-hybridized carbons (Fsp3) is 0.421. The van der Waals surface area contributed by atoms with Crippen LogP contribution in [0.1, 0.15) is 31.5 Å². The number of benzene rings is 1. The van der Waals surface area contributed by atoms with Crippen molar-refractivity contribution < 1.29 is 0 Å². The molecular formula is C19H23N5O. The minimum Gasteiger partial charge on any atom is -0.356 e. The molecule has 0 aliphatic carbocycles. The summed E-state index contributed by atoms with van der Waals surface area (Å²) in [5.74, 6) is 2.17. The molecule has 0 radical (unpaired) electrons. The third kappa shape index (κ3) is 2.81. The molecular weight excluding hydrogens is 314 g/mol. The molecule has 6 nitrogen and oxygen atoms in total. The highest BCUT2D eigenvalue weighted by molar-refractivity contribution is 5.80. The molecule has 2 aromatic heterocycles. The fourth-order valence-electron chi connectivity index (χ4n) is 3.75. The Bertz CT molecular complexity index is 958. The van der Waals surface area contributed by atoms with Crippen molar-refractivity contribution >= 4 is 16.7 Å². The van der Waals surface area contributed by atoms with Gasteiger partial charge in [-0.15, -0.1) is 0 Å². The van der Waals surface area contributed by atoms with E-state index in [0.717, 1.165) is 48.5 Å². The Labute approximate surface area is 146 Å². The molecule has 3 aromatic rings. The van der Waals surface area contributed by atoms with E-state index in [9.17, 15) is 4.79 Å². The van der Waals surface area contributed by atoms with E-state index in [1.54, 1.807) is 11.6 Å². The second kappa shape index (κ2) is 6.35. The normalized spacial score (nSPS) is 18.0. The van der Waals surface area contributed by atoms with Crippen LogP contribution in [0.4, 0.5) is 5.82 Å². The Morgan fingerprint density at radius 1 is 1.20 bits per heavy atom. The van der Waals surface area contributed by atoms with Gasteiger partial charge in [0.05, 0.1) is 5.52 Å². The molecule has 0 N–H and O–H groups in total. The molecule has 6 heteroatoms. The number of hydrogen-bond acceptors (Lipinski definition) is 4. The van der Waals surface area contributed by atoms with Crippen LogP contribution in [0.2, 0.25) is 0 Å². The highest BCUT2D eigenvalue weighted by atomic mass is 16.2. The van der Waals surface area contributed by atoms with Gasteiger partial charge in [-0.05, 0) is 38.0 Å². The summed E-state index contributed by atoms with van der Waals surface area (Å²) in [5, 5.41) is 5.66. The number of fused-ring (bicyclic) bond motifs is 1. The number of rotatable bonds is 3. The van der Waals surface area contributed by atoms with Crippen LogP contribution < -0.4 is 10.6 Å². The van der Waals surface area contributed by atoms with E-state index in [0.29, 0.717) is 6.54 Å². The van der Waals surface area contributed by atoms with Crippen molar-refractivity contribution in [2.45, 2.75) is 32.2 Å². The minimum atomic E-state index is -0.0292. The van der Waals surface area contributed by atoms with Crippen molar-refractivity contribution in [1.82, 2.24) is 19.3 Å². The summed E-state index contributed by atoms with van der Waals surface area (Å²) in [4.78, 5) is 19.3. The second-order valence-corrected chi connectivity index (χ2v) is 6.66. The molecule has 1 aliphatic heterocycles. The molecule has 130 valence electrons. The zero-order chi connectivity index (χ0) is 17.4. The summed E-state index contributed by atoms with van der Waals surface area (Å²) >= 11 is 0. The molecule has 1 aromatic carbocycles. The van der Waals surface area contributed by atoms with Crippen molar-refractivity contribution in [3.63, 3.8) is 0 Å². The van der Waals surface area contributed by atoms with Crippen molar-refractivity contribution in [2.24, 2.45) is 7.05 Å². The average molecular weight is 337 g/mol. The van der Waals surface area contributed by atoms with Crippen LogP contribution in [0.25, 0.3) is 10.9 Å². The first-order valence-corrected chi connectivity index (χ1v) is 8.92. The van der Waals surface area contributed by atoms with Gasteiger partial charge in [0.15, 0.2) is 0 Å². The fourth-order valence-corrected chi connectivity index (χ4v) is 3.75. The number of nitrogens with zero attached hydrogens (tertiary/aromatic N) is 5. The van der Waals surface area contributed by atoms with Gasteiger partial charge < -0.3 is 4.90 Å². The van der Waals surface area contributed by atoms with Crippen molar-refractivity contribution in [3.8, 4) is 0 Å². The maximum atomic E-state index is 12.2. The first-order valence-electron chi connectivity index (χ1n) is 8.92. The molecule has 0 saturated carbocycles. The highest BCUT2D eigenvalue weighted by Crippen LogP contribution is 2.28. The number of piperidine rings is 1.